The molecule has 12 heterocycles. The third-order valence-electron chi connectivity index (χ3n) is 19.9. The van der Waals surface area contributed by atoms with E-state index < -0.39 is 6.51 Å². The van der Waals surface area contributed by atoms with Gasteiger partial charge >= 0.3 is 204 Å². The van der Waals surface area contributed by atoms with Crippen LogP contribution in [0, 0.1) is 0 Å². The predicted octanol–water partition coefficient (Wildman–Crippen LogP) is 8.80. The molecule has 0 aromatic carbocycles. The molecule has 10 aliphatic rings. The third kappa shape index (κ3) is 0.429. The molecule has 0 saturated carbocycles. The topological polar surface area (TPSA) is 25.8 Å². The molecule has 0 amide bonds. The number of pyridine rings is 2. The molecular weight excluding hydrogens is 506 g/mol. The molecule has 35 heavy (non-hydrogen) atoms. The first-order valence-electron chi connectivity index (χ1n) is 13.8. The van der Waals surface area contributed by atoms with Crippen LogP contribution in [0.25, 0.3) is 0 Å². The van der Waals surface area contributed by atoms with Gasteiger partial charge in [-0.2, -0.15) is 0 Å². The van der Waals surface area contributed by atoms with Gasteiger partial charge in [-0.05, 0) is 0 Å². The molecule has 5 heteroatoms. The Bertz CT molecular complexity index is 1740. The summed E-state index contributed by atoms with van der Waals surface area (Å²) in [5.41, 5.74) is 2.65. The molecule has 0 aliphatic carbocycles. The van der Waals surface area contributed by atoms with Gasteiger partial charge in [0.25, 0.3) is 0 Å². The summed E-state index contributed by atoms with van der Waals surface area (Å²) < 4.78 is 1.32. The van der Waals surface area contributed by atoms with Crippen LogP contribution in [0.15, 0.2) is 48.8 Å². The van der Waals surface area contributed by atoms with E-state index in [9.17, 15) is 0 Å². The Morgan fingerprint density at radius 2 is 1.26 bits per heavy atom. The second-order valence-electron chi connectivity index (χ2n) is 18.1. The molecule has 0 bridgehead atoms. The van der Waals surface area contributed by atoms with Crippen molar-refractivity contribution in [3.05, 3.63) is 60.2 Å². The number of aromatic nitrogens is 2. The number of hydrogen-bond donors (Lipinski definition) is 0. The van der Waals surface area contributed by atoms with E-state index in [2.05, 4.69) is 99.6 Å². The van der Waals surface area contributed by atoms with Crippen molar-refractivity contribution in [3.63, 3.8) is 0 Å². The molecule has 1 spiro atoms. The van der Waals surface area contributed by atoms with Crippen LogP contribution in [0.3, 0.4) is 0 Å². The Morgan fingerprint density at radius 1 is 0.771 bits per heavy atom. The average molecular weight is 544 g/mol. The van der Waals surface area contributed by atoms with Gasteiger partial charge in [-0.3, -0.25) is 0 Å². The van der Waals surface area contributed by atoms with Crippen LogP contribution < -0.4 is 0 Å². The first-order valence-corrected chi connectivity index (χ1v) is 22.2. The average Bonchev–Trinajstić information content (AvgIpc) is 3.76. The molecule has 6 unspecified atom stereocenters. The van der Waals surface area contributed by atoms with Gasteiger partial charge in [0.05, 0.1) is 0 Å². The van der Waals surface area contributed by atoms with E-state index in [0.717, 1.165) is 9.13 Å². The van der Waals surface area contributed by atoms with Crippen LogP contribution in [0.2, 0.25) is 47.2 Å². The summed E-state index contributed by atoms with van der Waals surface area (Å²) in [7, 11) is 3.50. The van der Waals surface area contributed by atoms with Crippen molar-refractivity contribution < 1.29 is 6.51 Å². The van der Waals surface area contributed by atoms with E-state index in [1.807, 2.05) is 0 Å². The van der Waals surface area contributed by atoms with Gasteiger partial charge in [0.1, 0.15) is 0 Å². The summed E-state index contributed by atoms with van der Waals surface area (Å²) in [5, 5.41) is 0.752. The van der Waals surface area contributed by atoms with Gasteiger partial charge in [0, 0.05) is 0 Å². The molecule has 0 radical (unpaired) electrons. The quantitative estimate of drug-likeness (QED) is 0.278. The fourth-order valence-corrected chi connectivity index (χ4v) is 110. The Kier molecular flexibility index (Phi) is 1.38. The zero-order chi connectivity index (χ0) is 23.9. The van der Waals surface area contributed by atoms with Crippen LogP contribution >= 0.6 is 17.2 Å². The molecule has 10 aliphatic heterocycles. The minimum atomic E-state index is -3.80. The van der Waals surface area contributed by atoms with Crippen LogP contribution in [0.4, 0.5) is 0 Å². The fourth-order valence-electron chi connectivity index (χ4n) is 22.0. The minimum absolute atomic E-state index is 0.0728. The van der Waals surface area contributed by atoms with Gasteiger partial charge in [-0.25, -0.2) is 0 Å². The molecular formula is C30H38FeN2P2. The predicted molar refractivity (Wildman–Crippen MR) is 146 cm³/mol. The van der Waals surface area contributed by atoms with E-state index in [4.69, 9.17) is 9.97 Å². The summed E-state index contributed by atoms with van der Waals surface area (Å²) in [6.07, 6.45) is 5.71. The molecule has 186 valence electrons. The van der Waals surface area contributed by atoms with E-state index in [1.54, 1.807) is 6.16 Å². The molecule has 12 rings (SSSR count). The van der Waals surface area contributed by atoms with Crippen molar-refractivity contribution in [2.75, 3.05) is 6.16 Å². The fraction of sp³-hybridized carbons (Fsp3) is 0.667. The third-order valence-corrected chi connectivity index (χ3v) is 69.1. The zero-order valence-electron chi connectivity index (χ0n) is 21.7. The maximum absolute atomic E-state index is 5.19. The molecule has 2 aromatic rings. The molecule has 6 atom stereocenters. The molecule has 10 fully saturated rings. The first-order chi connectivity index (χ1) is 16.2. The van der Waals surface area contributed by atoms with Crippen LogP contribution in [-0.4, -0.2) is 26.4 Å². The summed E-state index contributed by atoms with van der Waals surface area (Å²) in [5.74, 6) is 0. The normalized spacial score (nSPS) is 67.7. The Labute approximate surface area is 203 Å². The first kappa shape index (κ1) is 18.9. The maximum atomic E-state index is 5.19. The van der Waals surface area contributed by atoms with Crippen LogP contribution in [-0.2, 0) is 11.7 Å². The monoisotopic (exact) mass is 544 g/mol. The SMILES string of the molecule is CC(C)(C)P(C[C]12[CH]3[CH]4[CH]5[C]1(C(P)(c1ccccn1)c1ccccn1)[Fe]43521678[CH]2[CH]1[CH]6[CH]7[CH]28)C(C)(C)C. The van der Waals surface area contributed by atoms with Crippen molar-refractivity contribution >= 4 is 17.2 Å². The number of fused-ring (bicyclic) bond motifs is 10. The van der Waals surface area contributed by atoms with Crippen molar-refractivity contribution in [2.45, 2.75) is 104 Å². The van der Waals surface area contributed by atoms with Crippen molar-refractivity contribution in [1.82, 2.24) is 9.97 Å². The van der Waals surface area contributed by atoms with E-state index in [-0.39, 0.29) is 13.1 Å². The Balaban J connectivity index is 1.21. The van der Waals surface area contributed by atoms with Crippen molar-refractivity contribution in [3.8, 4) is 0 Å². The number of rotatable bonds is 5. The number of hydrogen-bond acceptors (Lipinski definition) is 2. The van der Waals surface area contributed by atoms with Gasteiger partial charge in [0.15, 0.2) is 0 Å². The van der Waals surface area contributed by atoms with Crippen molar-refractivity contribution in [1.29, 1.82) is 0 Å². The van der Waals surface area contributed by atoms with Gasteiger partial charge in [-0.15, -0.1) is 0 Å². The van der Waals surface area contributed by atoms with Crippen LogP contribution in [0.5, 0.6) is 0 Å². The van der Waals surface area contributed by atoms with E-state index >= 15 is 0 Å². The van der Waals surface area contributed by atoms with E-state index in [0.29, 0.717) is 14.6 Å². The molecule has 2 aromatic heterocycles. The molecule has 2 nitrogen and oxygen atoms in total. The Morgan fingerprint density at radius 3 is 1.60 bits per heavy atom. The summed E-state index contributed by atoms with van der Waals surface area (Å²) in [6, 6.07) is 13.5. The second kappa shape index (κ2) is 2.55. The standard InChI is InChI=1S/C25H33N2P2.C5H5.Fe/c1-23(2,3)29(24(4,5)6)18-19-12-11-13-20(19)25(28,21-14-7-9-16-26-21)22-15-8-10-17-27-22;1-2-4-5-3-1;/h7-17H,18,28H2,1-6H3;1-5H;. The molecule has 10 saturated heterocycles. The summed E-state index contributed by atoms with van der Waals surface area (Å²) in [6.45, 7) is 11.7. The van der Waals surface area contributed by atoms with Crippen LogP contribution in [0.1, 0.15) is 52.9 Å². The Hall–Kier alpha value is -0.321. The molecule has 0 N–H and O–H groups in total. The summed E-state index contributed by atoms with van der Waals surface area (Å²) >= 11 is 0. The number of nitrogens with zero attached hydrogens (tertiary/aromatic N) is 2. The summed E-state index contributed by atoms with van der Waals surface area (Å²) in [4.78, 5) is 20.4. The van der Waals surface area contributed by atoms with Crippen molar-refractivity contribution in [2.24, 2.45) is 0 Å². The van der Waals surface area contributed by atoms with Gasteiger partial charge in [-0.1, -0.05) is 0 Å². The zero-order valence-corrected chi connectivity index (χ0v) is 24.9. The second-order valence-corrected chi connectivity index (χ2v) is 46.1. The van der Waals surface area contributed by atoms with E-state index in [1.165, 1.54) is 45.1 Å². The van der Waals surface area contributed by atoms with Gasteiger partial charge < -0.3 is 0 Å². The van der Waals surface area contributed by atoms with Gasteiger partial charge in [0.2, 0.25) is 0 Å².